The molecule has 0 radical (unpaired) electrons. The number of hydrogen-bond acceptors (Lipinski definition) is 3. The van der Waals surface area contributed by atoms with Crippen LogP contribution in [-0.2, 0) is 16.0 Å². The van der Waals surface area contributed by atoms with Crippen LogP contribution < -0.4 is 0 Å². The molecule has 0 saturated carbocycles. The number of carbonyl (C=O) groups excluding carboxylic acids is 2. The van der Waals surface area contributed by atoms with Crippen molar-refractivity contribution in [1.82, 2.24) is 9.80 Å². The normalized spacial score (nSPS) is 15.8. The molecule has 3 rings (SSSR count). The molecule has 0 aliphatic carbocycles. The van der Waals surface area contributed by atoms with Crippen LogP contribution in [0.25, 0.3) is 0 Å². The van der Waals surface area contributed by atoms with E-state index in [2.05, 4.69) is 37.4 Å². The minimum absolute atomic E-state index is 0.0424. The highest BCUT2D eigenvalue weighted by atomic mass is 32.1. The lowest BCUT2D eigenvalue weighted by Gasteiger charge is -2.38. The maximum atomic E-state index is 13.4. The van der Waals surface area contributed by atoms with E-state index in [1.54, 1.807) is 16.2 Å². The molecule has 2 heterocycles. The number of benzene rings is 1. The van der Waals surface area contributed by atoms with Gasteiger partial charge in [-0.25, -0.2) is 0 Å². The molecular formula is C24H32N2O2S. The molecule has 1 aromatic carbocycles. The second kappa shape index (κ2) is 10.1. The van der Waals surface area contributed by atoms with Gasteiger partial charge in [0.05, 0.1) is 12.6 Å². The topological polar surface area (TPSA) is 40.6 Å². The number of fused-ring (bicyclic) bond motifs is 1. The molecule has 29 heavy (non-hydrogen) atoms. The first-order valence-electron chi connectivity index (χ1n) is 10.8. The Hall–Kier alpha value is -2.14. The van der Waals surface area contributed by atoms with Gasteiger partial charge in [-0.15, -0.1) is 11.3 Å². The first kappa shape index (κ1) is 21.6. The number of carbonyl (C=O) groups is 2. The van der Waals surface area contributed by atoms with Crippen molar-refractivity contribution in [3.8, 4) is 0 Å². The molecule has 0 bridgehead atoms. The van der Waals surface area contributed by atoms with E-state index in [1.165, 1.54) is 21.6 Å². The van der Waals surface area contributed by atoms with E-state index in [0.29, 0.717) is 19.5 Å². The average Bonchev–Trinajstić information content (AvgIpc) is 3.20. The third kappa shape index (κ3) is 4.89. The van der Waals surface area contributed by atoms with Gasteiger partial charge in [0.1, 0.15) is 0 Å². The molecule has 0 fully saturated rings. The van der Waals surface area contributed by atoms with Gasteiger partial charge in [-0.3, -0.25) is 9.59 Å². The fourth-order valence-electron chi connectivity index (χ4n) is 4.13. The molecule has 5 heteroatoms. The third-order valence-electron chi connectivity index (χ3n) is 5.82. The second-order valence-corrected chi connectivity index (χ2v) is 8.76. The predicted octanol–water partition coefficient (Wildman–Crippen LogP) is 4.96. The zero-order chi connectivity index (χ0) is 20.8. The zero-order valence-electron chi connectivity index (χ0n) is 17.8. The Morgan fingerprint density at radius 2 is 1.93 bits per heavy atom. The summed E-state index contributed by atoms with van der Waals surface area (Å²) >= 11 is 1.78. The molecule has 1 aliphatic heterocycles. The van der Waals surface area contributed by atoms with E-state index in [4.69, 9.17) is 0 Å². The van der Waals surface area contributed by atoms with Crippen LogP contribution in [-0.4, -0.2) is 41.2 Å². The highest BCUT2D eigenvalue weighted by Gasteiger charge is 2.34. The molecule has 0 saturated heterocycles. The van der Waals surface area contributed by atoms with Gasteiger partial charge in [-0.2, -0.15) is 0 Å². The molecule has 2 aromatic rings. The van der Waals surface area contributed by atoms with E-state index < -0.39 is 0 Å². The van der Waals surface area contributed by atoms with Crippen LogP contribution in [0.3, 0.4) is 0 Å². The lowest BCUT2D eigenvalue weighted by molar-refractivity contribution is -0.141. The van der Waals surface area contributed by atoms with E-state index in [0.717, 1.165) is 25.7 Å². The Morgan fingerprint density at radius 1 is 1.14 bits per heavy atom. The standard InChI is InChI=1S/C24H32N2O2S/c1-4-6-7-12-22(27)25(5-2)17-23(28)26-15-13-21-20(14-16-29-21)24(26)19-11-9-8-10-18(19)3/h8-11,14,16,24H,4-7,12-13,15,17H2,1-3H3/t24-/m1/s1. The van der Waals surface area contributed by atoms with Crippen LogP contribution in [0.1, 0.15) is 67.1 Å². The molecule has 0 spiro atoms. The predicted molar refractivity (Wildman–Crippen MR) is 119 cm³/mol. The molecule has 1 atom stereocenters. The van der Waals surface area contributed by atoms with Crippen molar-refractivity contribution in [2.24, 2.45) is 0 Å². The SMILES string of the molecule is CCCCCC(=O)N(CC)CC(=O)N1CCc2sccc2[C@H]1c1ccccc1C. The van der Waals surface area contributed by atoms with Gasteiger partial charge >= 0.3 is 0 Å². The summed E-state index contributed by atoms with van der Waals surface area (Å²) in [5, 5.41) is 2.12. The van der Waals surface area contributed by atoms with Crippen molar-refractivity contribution >= 4 is 23.2 Å². The number of likely N-dealkylation sites (N-methyl/N-ethyl adjacent to an activating group) is 1. The monoisotopic (exact) mass is 412 g/mol. The molecule has 156 valence electrons. The quantitative estimate of drug-likeness (QED) is 0.575. The van der Waals surface area contributed by atoms with Gasteiger partial charge in [0.25, 0.3) is 0 Å². The smallest absolute Gasteiger partial charge is 0.242 e. The fraction of sp³-hybridized carbons (Fsp3) is 0.500. The Kier molecular flexibility index (Phi) is 7.48. The fourth-order valence-corrected chi connectivity index (χ4v) is 5.03. The Balaban J connectivity index is 1.81. The average molecular weight is 413 g/mol. The summed E-state index contributed by atoms with van der Waals surface area (Å²) in [6.07, 6.45) is 4.46. The summed E-state index contributed by atoms with van der Waals surface area (Å²) in [7, 11) is 0. The Morgan fingerprint density at radius 3 is 2.66 bits per heavy atom. The molecule has 1 aromatic heterocycles. The Bertz CT molecular complexity index is 845. The number of rotatable bonds is 8. The lowest BCUT2D eigenvalue weighted by atomic mass is 9.90. The maximum absolute atomic E-state index is 13.4. The second-order valence-electron chi connectivity index (χ2n) is 7.76. The summed E-state index contributed by atoms with van der Waals surface area (Å²) < 4.78 is 0. The van der Waals surface area contributed by atoms with Gasteiger partial charge in [0, 0.05) is 24.4 Å². The summed E-state index contributed by atoms with van der Waals surface area (Å²) in [4.78, 5) is 31.0. The van der Waals surface area contributed by atoms with Crippen LogP contribution in [0.4, 0.5) is 0 Å². The number of amides is 2. The van der Waals surface area contributed by atoms with Crippen molar-refractivity contribution in [2.45, 2.75) is 58.9 Å². The largest absolute Gasteiger partial charge is 0.334 e. The highest BCUT2D eigenvalue weighted by molar-refractivity contribution is 7.10. The lowest BCUT2D eigenvalue weighted by Crippen LogP contribution is -2.46. The van der Waals surface area contributed by atoms with Gasteiger partial charge in [-0.1, -0.05) is 44.0 Å². The maximum Gasteiger partial charge on any atom is 0.242 e. The molecule has 0 unspecified atom stereocenters. The first-order valence-corrected chi connectivity index (χ1v) is 11.6. The molecule has 0 N–H and O–H groups in total. The van der Waals surface area contributed by atoms with Crippen LogP contribution in [0.5, 0.6) is 0 Å². The van der Waals surface area contributed by atoms with Crippen LogP contribution in [0, 0.1) is 6.92 Å². The highest BCUT2D eigenvalue weighted by Crippen LogP contribution is 2.38. The molecular weight excluding hydrogens is 380 g/mol. The number of aryl methyl sites for hydroxylation is 1. The summed E-state index contributed by atoms with van der Waals surface area (Å²) in [6.45, 7) is 7.64. The minimum Gasteiger partial charge on any atom is -0.334 e. The van der Waals surface area contributed by atoms with Crippen molar-refractivity contribution in [1.29, 1.82) is 0 Å². The van der Waals surface area contributed by atoms with Gasteiger partial charge in [0.15, 0.2) is 0 Å². The van der Waals surface area contributed by atoms with E-state index in [1.807, 2.05) is 24.0 Å². The number of thiophene rings is 1. The summed E-state index contributed by atoms with van der Waals surface area (Å²) in [6, 6.07) is 10.4. The first-order chi connectivity index (χ1) is 14.1. The van der Waals surface area contributed by atoms with Crippen molar-refractivity contribution in [3.05, 3.63) is 57.3 Å². The summed E-state index contributed by atoms with van der Waals surface area (Å²) in [5.74, 6) is 0.135. The van der Waals surface area contributed by atoms with Crippen molar-refractivity contribution in [3.63, 3.8) is 0 Å². The molecule has 4 nitrogen and oxygen atoms in total. The van der Waals surface area contributed by atoms with Crippen molar-refractivity contribution < 1.29 is 9.59 Å². The van der Waals surface area contributed by atoms with Crippen LogP contribution in [0.15, 0.2) is 35.7 Å². The van der Waals surface area contributed by atoms with E-state index in [9.17, 15) is 9.59 Å². The van der Waals surface area contributed by atoms with Gasteiger partial charge < -0.3 is 9.80 Å². The van der Waals surface area contributed by atoms with E-state index in [-0.39, 0.29) is 24.4 Å². The van der Waals surface area contributed by atoms with Gasteiger partial charge in [-0.05, 0) is 54.8 Å². The third-order valence-corrected chi connectivity index (χ3v) is 6.82. The minimum atomic E-state index is -0.0624. The van der Waals surface area contributed by atoms with E-state index >= 15 is 0 Å². The Labute approximate surface area is 178 Å². The molecule has 2 amide bonds. The van der Waals surface area contributed by atoms with Crippen LogP contribution >= 0.6 is 11.3 Å². The zero-order valence-corrected chi connectivity index (χ0v) is 18.6. The van der Waals surface area contributed by atoms with Crippen LogP contribution in [0.2, 0.25) is 0 Å². The summed E-state index contributed by atoms with van der Waals surface area (Å²) in [5.41, 5.74) is 3.61. The molecule has 1 aliphatic rings. The number of unbranched alkanes of at least 4 members (excludes halogenated alkanes) is 2. The van der Waals surface area contributed by atoms with Crippen molar-refractivity contribution in [2.75, 3.05) is 19.6 Å². The van der Waals surface area contributed by atoms with Gasteiger partial charge in [0.2, 0.25) is 11.8 Å². The number of nitrogens with zero attached hydrogens (tertiary/aromatic N) is 2. The number of hydrogen-bond donors (Lipinski definition) is 0.